The second kappa shape index (κ2) is 8.67. The Hall–Kier alpha value is -4.55. The van der Waals surface area contributed by atoms with Crippen LogP contribution in [-0.4, -0.2) is 6.29 Å². The summed E-state index contributed by atoms with van der Waals surface area (Å²) in [4.78, 5) is 13.2. The molecule has 0 N–H and O–H groups in total. The van der Waals surface area contributed by atoms with Gasteiger partial charge in [0.15, 0.2) is 5.76 Å². The lowest BCUT2D eigenvalue weighted by atomic mass is 10.1. The Bertz CT molecular complexity index is 1380. The molecule has 0 aliphatic heterocycles. The lowest BCUT2D eigenvalue weighted by Crippen LogP contribution is -2.09. The van der Waals surface area contributed by atoms with Gasteiger partial charge in [0.1, 0.15) is 11.9 Å². The maximum Gasteiger partial charge on any atom is 0.178 e. The van der Waals surface area contributed by atoms with Gasteiger partial charge < -0.3 is 9.32 Å². The molecule has 0 radical (unpaired) electrons. The van der Waals surface area contributed by atoms with E-state index in [0.717, 1.165) is 34.3 Å². The Morgan fingerprint density at radius 3 is 1.91 bits per heavy atom. The monoisotopic (exact) mass is 413 g/mol. The zero-order chi connectivity index (χ0) is 21.8. The molecule has 0 amide bonds. The van der Waals surface area contributed by atoms with Gasteiger partial charge in [0.2, 0.25) is 0 Å². The third-order valence-corrected chi connectivity index (χ3v) is 5.16. The topological polar surface area (TPSA) is 33.5 Å². The second-order valence-corrected chi connectivity index (χ2v) is 7.33. The predicted octanol–water partition coefficient (Wildman–Crippen LogP) is 7.11. The first-order valence-electron chi connectivity index (χ1n) is 10.3. The van der Waals surface area contributed by atoms with E-state index in [-0.39, 0.29) is 0 Å². The summed E-state index contributed by atoms with van der Waals surface area (Å²) in [5.74, 6) is 6.82. The first kappa shape index (κ1) is 19.4. The van der Waals surface area contributed by atoms with Crippen LogP contribution in [0.3, 0.4) is 0 Å². The number of aldehydes is 1. The average molecular weight is 413 g/mol. The quantitative estimate of drug-likeness (QED) is 0.232. The summed E-state index contributed by atoms with van der Waals surface area (Å²) in [5, 5.41) is 0.927. The molecule has 3 heteroatoms. The molecule has 1 heterocycles. The zero-order valence-corrected chi connectivity index (χ0v) is 17.2. The minimum Gasteiger partial charge on any atom is -0.448 e. The van der Waals surface area contributed by atoms with Crippen molar-refractivity contribution < 1.29 is 9.21 Å². The molecular weight excluding hydrogens is 394 g/mol. The highest BCUT2D eigenvalue weighted by molar-refractivity contribution is 5.86. The van der Waals surface area contributed by atoms with Crippen LogP contribution >= 0.6 is 0 Å². The fourth-order valence-electron chi connectivity index (χ4n) is 3.61. The van der Waals surface area contributed by atoms with E-state index < -0.39 is 0 Å². The van der Waals surface area contributed by atoms with Crippen molar-refractivity contribution in [3.8, 4) is 11.8 Å². The van der Waals surface area contributed by atoms with Gasteiger partial charge in [0.05, 0.1) is 0 Å². The molecule has 0 spiro atoms. The number of nitrogens with zero attached hydrogens (tertiary/aromatic N) is 1. The normalized spacial score (nSPS) is 10.4. The van der Waals surface area contributed by atoms with Crippen LogP contribution in [0.25, 0.3) is 11.0 Å². The molecule has 152 valence electrons. The molecule has 0 unspecified atom stereocenters. The van der Waals surface area contributed by atoms with Gasteiger partial charge in [0, 0.05) is 39.6 Å². The molecule has 1 aromatic heterocycles. The third-order valence-electron chi connectivity index (χ3n) is 5.16. The van der Waals surface area contributed by atoms with Crippen LogP contribution in [0, 0.1) is 11.8 Å². The maximum absolute atomic E-state index is 11.0. The van der Waals surface area contributed by atoms with Gasteiger partial charge in [-0.2, -0.15) is 0 Å². The van der Waals surface area contributed by atoms with Gasteiger partial charge in [-0.3, -0.25) is 4.79 Å². The summed E-state index contributed by atoms with van der Waals surface area (Å²) in [6.45, 7) is 0. The van der Waals surface area contributed by atoms with E-state index >= 15 is 0 Å². The van der Waals surface area contributed by atoms with Crippen LogP contribution < -0.4 is 4.90 Å². The van der Waals surface area contributed by atoms with E-state index in [1.54, 1.807) is 12.1 Å². The van der Waals surface area contributed by atoms with Gasteiger partial charge in [-0.15, -0.1) is 0 Å². The van der Waals surface area contributed by atoms with E-state index in [0.29, 0.717) is 16.9 Å². The number of rotatable bonds is 4. The van der Waals surface area contributed by atoms with Crippen LogP contribution in [-0.2, 0) is 0 Å². The van der Waals surface area contributed by atoms with Gasteiger partial charge >= 0.3 is 0 Å². The van der Waals surface area contributed by atoms with Crippen LogP contribution in [0.1, 0.15) is 21.7 Å². The fraction of sp³-hybridized carbons (Fsp3) is 0. The lowest BCUT2D eigenvalue weighted by molar-refractivity contribution is 0.112. The highest BCUT2D eigenvalue weighted by atomic mass is 16.3. The minimum absolute atomic E-state index is 0.572. The van der Waals surface area contributed by atoms with Gasteiger partial charge in [-0.25, -0.2) is 0 Å². The van der Waals surface area contributed by atoms with Crippen molar-refractivity contribution in [2.75, 3.05) is 4.90 Å². The Balaban J connectivity index is 1.44. The number of anilines is 3. The number of furan rings is 1. The number of carbonyl (C=O) groups excluding carboxylic acids is 1. The summed E-state index contributed by atoms with van der Waals surface area (Å²) in [6, 6.07) is 36.0. The van der Waals surface area contributed by atoms with Crippen LogP contribution in [0.2, 0.25) is 0 Å². The van der Waals surface area contributed by atoms with E-state index in [2.05, 4.69) is 53.1 Å². The summed E-state index contributed by atoms with van der Waals surface area (Å²) in [6.07, 6.45) is 0.809. The molecule has 0 bridgehead atoms. The van der Waals surface area contributed by atoms with Crippen LogP contribution in [0.4, 0.5) is 17.1 Å². The van der Waals surface area contributed by atoms with E-state index in [1.165, 1.54) is 0 Å². The number of para-hydroxylation sites is 2. The summed E-state index contributed by atoms with van der Waals surface area (Å²) < 4.78 is 5.77. The lowest BCUT2D eigenvalue weighted by Gasteiger charge is -2.25. The smallest absolute Gasteiger partial charge is 0.178 e. The molecule has 0 atom stereocenters. The summed E-state index contributed by atoms with van der Waals surface area (Å²) >= 11 is 0. The van der Waals surface area contributed by atoms with Gasteiger partial charge in [-0.1, -0.05) is 54.5 Å². The predicted molar refractivity (Wildman–Crippen MR) is 129 cm³/mol. The Morgan fingerprint density at radius 1 is 0.656 bits per heavy atom. The number of carbonyl (C=O) groups is 1. The van der Waals surface area contributed by atoms with Gasteiger partial charge in [0.25, 0.3) is 0 Å². The second-order valence-electron chi connectivity index (χ2n) is 7.33. The number of hydrogen-bond donors (Lipinski definition) is 0. The van der Waals surface area contributed by atoms with Crippen molar-refractivity contribution in [2.24, 2.45) is 0 Å². The highest BCUT2D eigenvalue weighted by Gasteiger charge is 2.11. The first-order chi connectivity index (χ1) is 15.8. The molecular formula is C29H19NO2. The summed E-state index contributed by atoms with van der Waals surface area (Å²) in [5.41, 5.74) is 5.38. The summed E-state index contributed by atoms with van der Waals surface area (Å²) in [7, 11) is 0. The van der Waals surface area contributed by atoms with Crippen LogP contribution in [0.5, 0.6) is 0 Å². The molecule has 0 saturated heterocycles. The van der Waals surface area contributed by atoms with E-state index in [1.807, 2.05) is 60.7 Å². The Morgan fingerprint density at radius 2 is 1.28 bits per heavy atom. The standard InChI is InChI=1S/C29H19NO2/c31-21-23-11-15-24-20-28(32-29(24)19-23)18-14-22-12-16-27(17-13-22)30(25-7-3-1-4-8-25)26-9-5-2-6-10-26/h1-13,15-17,19-21H. The van der Waals surface area contributed by atoms with Gasteiger partial charge in [-0.05, 0) is 60.5 Å². The van der Waals surface area contributed by atoms with E-state index in [9.17, 15) is 4.79 Å². The van der Waals surface area contributed by atoms with Crippen LogP contribution in [0.15, 0.2) is 114 Å². The molecule has 5 aromatic rings. The van der Waals surface area contributed by atoms with Crippen molar-refractivity contribution in [1.29, 1.82) is 0 Å². The van der Waals surface area contributed by atoms with Crippen molar-refractivity contribution in [3.63, 3.8) is 0 Å². The fourth-order valence-corrected chi connectivity index (χ4v) is 3.61. The zero-order valence-electron chi connectivity index (χ0n) is 17.2. The highest BCUT2D eigenvalue weighted by Crippen LogP contribution is 2.34. The van der Waals surface area contributed by atoms with Crippen molar-refractivity contribution >= 4 is 34.3 Å². The third kappa shape index (κ3) is 4.03. The molecule has 0 aliphatic carbocycles. The average Bonchev–Trinajstić information content (AvgIpc) is 3.27. The Labute approximate surface area is 186 Å². The molecule has 0 aliphatic rings. The SMILES string of the molecule is O=Cc1ccc2cc(C#Cc3ccc(N(c4ccccc4)c4ccccc4)cc3)oc2c1. The molecule has 4 aromatic carbocycles. The molecule has 5 rings (SSSR count). The van der Waals surface area contributed by atoms with Crippen molar-refractivity contribution in [1.82, 2.24) is 0 Å². The van der Waals surface area contributed by atoms with E-state index in [4.69, 9.17) is 4.42 Å². The molecule has 32 heavy (non-hydrogen) atoms. The number of benzene rings is 4. The van der Waals surface area contributed by atoms with Crippen molar-refractivity contribution in [2.45, 2.75) is 0 Å². The first-order valence-corrected chi connectivity index (χ1v) is 10.3. The molecule has 0 fully saturated rings. The maximum atomic E-state index is 11.0. The number of fused-ring (bicyclic) bond motifs is 1. The minimum atomic E-state index is 0.572. The molecule has 3 nitrogen and oxygen atoms in total. The van der Waals surface area contributed by atoms with Crippen molar-refractivity contribution in [3.05, 3.63) is 126 Å². The number of hydrogen-bond acceptors (Lipinski definition) is 3. The largest absolute Gasteiger partial charge is 0.448 e. The Kier molecular flexibility index (Phi) is 5.26. The molecule has 0 saturated carbocycles.